The lowest BCUT2D eigenvalue weighted by atomic mass is 10.3. The van der Waals surface area contributed by atoms with E-state index in [0.717, 1.165) is 0 Å². The highest BCUT2D eigenvalue weighted by atomic mass is 32.2. The molecule has 0 aliphatic heterocycles. The molecule has 1 rings (SSSR count). The lowest BCUT2D eigenvalue weighted by Gasteiger charge is -2.08. The summed E-state index contributed by atoms with van der Waals surface area (Å²) in [6, 6.07) is 5.63. The van der Waals surface area contributed by atoms with Gasteiger partial charge in [-0.2, -0.15) is 0 Å². The van der Waals surface area contributed by atoms with Crippen molar-refractivity contribution in [1.29, 1.82) is 0 Å². The van der Waals surface area contributed by atoms with E-state index in [1.54, 1.807) is 0 Å². The van der Waals surface area contributed by atoms with Gasteiger partial charge < -0.3 is 10.6 Å². The molecule has 19 heavy (non-hydrogen) atoms. The minimum Gasteiger partial charge on any atom is -0.353 e. The summed E-state index contributed by atoms with van der Waals surface area (Å²) in [7, 11) is 0. The number of rotatable bonds is 6. The molecule has 0 aliphatic carbocycles. The van der Waals surface area contributed by atoms with Crippen LogP contribution in [0.5, 0.6) is 0 Å². The van der Waals surface area contributed by atoms with Gasteiger partial charge in [0.25, 0.3) is 0 Å². The Labute approximate surface area is 116 Å². The van der Waals surface area contributed by atoms with Crippen molar-refractivity contribution in [2.75, 3.05) is 16.8 Å². The van der Waals surface area contributed by atoms with Crippen LogP contribution in [-0.2, 0) is 9.59 Å². The Morgan fingerprint density at radius 1 is 1.16 bits per heavy atom. The predicted octanol–water partition coefficient (Wildman–Crippen LogP) is 2.02. The van der Waals surface area contributed by atoms with Gasteiger partial charge in [0, 0.05) is 11.7 Å². The second-order valence-electron chi connectivity index (χ2n) is 4.27. The molecule has 0 atom stereocenters. The molecule has 2 N–H and O–H groups in total. The molecule has 0 spiro atoms. The maximum atomic E-state index is 12.7. The zero-order chi connectivity index (χ0) is 14.3. The maximum Gasteiger partial charge on any atom is 0.234 e. The Bertz CT molecular complexity index is 435. The van der Waals surface area contributed by atoms with Gasteiger partial charge in [0.15, 0.2) is 0 Å². The highest BCUT2D eigenvalue weighted by molar-refractivity contribution is 8.00. The van der Waals surface area contributed by atoms with Crippen LogP contribution < -0.4 is 10.6 Å². The average molecular weight is 284 g/mol. The van der Waals surface area contributed by atoms with Gasteiger partial charge in [-0.15, -0.1) is 11.8 Å². The second-order valence-corrected chi connectivity index (χ2v) is 5.26. The van der Waals surface area contributed by atoms with Gasteiger partial charge in [-0.25, -0.2) is 4.39 Å². The summed E-state index contributed by atoms with van der Waals surface area (Å²) < 4.78 is 12.7. The minimum atomic E-state index is -0.349. The van der Waals surface area contributed by atoms with E-state index in [-0.39, 0.29) is 35.2 Å². The molecule has 1 aromatic carbocycles. The van der Waals surface area contributed by atoms with Crippen molar-refractivity contribution >= 4 is 29.3 Å². The van der Waals surface area contributed by atoms with Crippen molar-refractivity contribution in [3.63, 3.8) is 0 Å². The highest BCUT2D eigenvalue weighted by Gasteiger charge is 2.06. The molecule has 1 aromatic rings. The number of amides is 2. The number of benzene rings is 1. The summed E-state index contributed by atoms with van der Waals surface area (Å²) in [5.74, 6) is -0.223. The van der Waals surface area contributed by atoms with Crippen molar-refractivity contribution in [3.05, 3.63) is 30.1 Å². The molecule has 104 valence electrons. The molecule has 0 radical (unpaired) electrons. The molecule has 0 bridgehead atoms. The zero-order valence-electron chi connectivity index (χ0n) is 10.9. The molecule has 0 unspecified atom stereocenters. The molecule has 0 heterocycles. The smallest absolute Gasteiger partial charge is 0.234 e. The fourth-order valence-electron chi connectivity index (χ4n) is 1.33. The lowest BCUT2D eigenvalue weighted by Crippen LogP contribution is -2.31. The van der Waals surface area contributed by atoms with E-state index in [0.29, 0.717) is 5.69 Å². The summed E-state index contributed by atoms with van der Waals surface area (Å²) in [6.07, 6.45) is 0. The standard InChI is InChI=1S/C13H17FN2O2S/c1-9(2)15-12(17)7-19-8-13(18)16-11-5-3-10(14)4-6-11/h3-6,9H,7-8H2,1-2H3,(H,15,17)(H,16,18). The molecule has 2 amide bonds. The topological polar surface area (TPSA) is 58.2 Å². The van der Waals surface area contributed by atoms with E-state index in [1.165, 1.54) is 36.0 Å². The van der Waals surface area contributed by atoms with Crippen LogP contribution in [0.4, 0.5) is 10.1 Å². The predicted molar refractivity (Wildman–Crippen MR) is 75.6 cm³/mol. The van der Waals surface area contributed by atoms with E-state index in [2.05, 4.69) is 10.6 Å². The molecule has 0 saturated carbocycles. The molecular formula is C13H17FN2O2S. The van der Waals surface area contributed by atoms with Gasteiger partial charge in [0.2, 0.25) is 11.8 Å². The quantitative estimate of drug-likeness (QED) is 0.840. The Balaban J connectivity index is 2.25. The minimum absolute atomic E-state index is 0.0883. The number of anilines is 1. The van der Waals surface area contributed by atoms with E-state index in [1.807, 2.05) is 13.8 Å². The number of nitrogens with one attached hydrogen (secondary N) is 2. The SMILES string of the molecule is CC(C)NC(=O)CSCC(=O)Nc1ccc(F)cc1. The van der Waals surface area contributed by atoms with Gasteiger partial charge in [-0.3, -0.25) is 9.59 Å². The summed E-state index contributed by atoms with van der Waals surface area (Å²) in [6.45, 7) is 3.76. The number of thioether (sulfide) groups is 1. The van der Waals surface area contributed by atoms with Gasteiger partial charge in [-0.1, -0.05) is 0 Å². The molecule has 4 nitrogen and oxygen atoms in total. The summed E-state index contributed by atoms with van der Waals surface area (Å²) in [5, 5.41) is 5.36. The van der Waals surface area contributed by atoms with Crippen LogP contribution in [0.2, 0.25) is 0 Å². The Hall–Kier alpha value is -1.56. The zero-order valence-corrected chi connectivity index (χ0v) is 11.7. The normalized spacial score (nSPS) is 10.3. The molecule has 0 saturated heterocycles. The third-order valence-corrected chi connectivity index (χ3v) is 2.98. The van der Waals surface area contributed by atoms with Crippen LogP contribution in [0, 0.1) is 5.82 Å². The first-order valence-electron chi connectivity index (χ1n) is 5.90. The first-order chi connectivity index (χ1) is 8.97. The van der Waals surface area contributed by atoms with Crippen molar-refractivity contribution < 1.29 is 14.0 Å². The van der Waals surface area contributed by atoms with Gasteiger partial charge in [0.05, 0.1) is 11.5 Å². The number of carbonyl (C=O) groups is 2. The van der Waals surface area contributed by atoms with Gasteiger partial charge in [0.1, 0.15) is 5.82 Å². The third kappa shape index (κ3) is 6.81. The molecule has 0 aromatic heterocycles. The first-order valence-corrected chi connectivity index (χ1v) is 7.05. The van der Waals surface area contributed by atoms with E-state index < -0.39 is 0 Å². The second kappa shape index (κ2) is 7.78. The van der Waals surface area contributed by atoms with E-state index in [9.17, 15) is 14.0 Å². The largest absolute Gasteiger partial charge is 0.353 e. The Morgan fingerprint density at radius 2 is 1.74 bits per heavy atom. The highest BCUT2D eigenvalue weighted by Crippen LogP contribution is 2.09. The van der Waals surface area contributed by atoms with Crippen molar-refractivity contribution in [1.82, 2.24) is 5.32 Å². The monoisotopic (exact) mass is 284 g/mol. The third-order valence-electron chi connectivity index (χ3n) is 2.04. The maximum absolute atomic E-state index is 12.7. The number of halogens is 1. The molecular weight excluding hydrogens is 267 g/mol. The van der Waals surface area contributed by atoms with Crippen LogP contribution in [-0.4, -0.2) is 29.4 Å². The van der Waals surface area contributed by atoms with Gasteiger partial charge in [-0.05, 0) is 38.1 Å². The van der Waals surface area contributed by atoms with E-state index in [4.69, 9.17) is 0 Å². The van der Waals surface area contributed by atoms with Crippen molar-refractivity contribution in [2.45, 2.75) is 19.9 Å². The van der Waals surface area contributed by atoms with Crippen LogP contribution in [0.3, 0.4) is 0 Å². The summed E-state index contributed by atoms with van der Waals surface area (Å²) in [5.41, 5.74) is 0.540. The number of carbonyl (C=O) groups excluding carboxylic acids is 2. The Morgan fingerprint density at radius 3 is 2.32 bits per heavy atom. The summed E-state index contributed by atoms with van der Waals surface area (Å²) in [4.78, 5) is 22.9. The fraction of sp³-hybridized carbons (Fsp3) is 0.385. The lowest BCUT2D eigenvalue weighted by molar-refractivity contribution is -0.119. The molecule has 0 fully saturated rings. The van der Waals surface area contributed by atoms with Gasteiger partial charge >= 0.3 is 0 Å². The van der Waals surface area contributed by atoms with Crippen molar-refractivity contribution in [2.24, 2.45) is 0 Å². The van der Waals surface area contributed by atoms with Crippen LogP contribution >= 0.6 is 11.8 Å². The first kappa shape index (κ1) is 15.5. The van der Waals surface area contributed by atoms with E-state index >= 15 is 0 Å². The molecule has 6 heteroatoms. The van der Waals surface area contributed by atoms with Crippen LogP contribution in [0.1, 0.15) is 13.8 Å². The average Bonchev–Trinajstić information content (AvgIpc) is 2.31. The number of hydrogen-bond acceptors (Lipinski definition) is 3. The summed E-state index contributed by atoms with van der Waals surface area (Å²) >= 11 is 1.24. The Kier molecular flexibility index (Phi) is 6.35. The molecule has 0 aliphatic rings. The fourth-order valence-corrected chi connectivity index (χ4v) is 1.96. The van der Waals surface area contributed by atoms with Crippen molar-refractivity contribution in [3.8, 4) is 0 Å². The van der Waals surface area contributed by atoms with Crippen LogP contribution in [0.15, 0.2) is 24.3 Å². The number of hydrogen-bond donors (Lipinski definition) is 2. The van der Waals surface area contributed by atoms with Crippen LogP contribution in [0.25, 0.3) is 0 Å².